The minimum atomic E-state index is 0.898. The second-order valence-corrected chi connectivity index (χ2v) is 13.3. The number of nitrogens with zero attached hydrogens (tertiary/aromatic N) is 4. The molecule has 11 aromatic rings. The number of hydrogen-bond acceptors (Lipinski definition) is 4. The summed E-state index contributed by atoms with van der Waals surface area (Å²) in [6.45, 7) is 0. The first kappa shape index (κ1) is 28.8. The fraction of sp³-hybridized carbons (Fsp3) is 0. The number of rotatable bonds is 3. The van der Waals surface area contributed by atoms with Crippen LogP contribution in [-0.2, 0) is 0 Å². The lowest BCUT2D eigenvalue weighted by Gasteiger charge is -2.19. The summed E-state index contributed by atoms with van der Waals surface area (Å²) in [5.74, 6) is 0. The maximum atomic E-state index is 5.52. The fourth-order valence-electron chi connectivity index (χ4n) is 8.26. The van der Waals surface area contributed by atoms with Crippen molar-refractivity contribution in [2.75, 3.05) is 0 Å². The lowest BCUT2D eigenvalue weighted by Crippen LogP contribution is -1.95. The molecule has 4 aromatic heterocycles. The standard InChI is InChI=1S/C48H28N4/c1-2-11-29(12-3-1)42-38-18-8-9-19-40(38)51-48-39(42)24-21-31-22-25-41(52-46(31)48)44-34-16-6-4-14-32(34)43(33-15-5-7-17-35(33)44)36-26-28-50-47-37(36)23-20-30-13-10-27-49-45(30)47/h1-28H. The van der Waals surface area contributed by atoms with E-state index in [0.29, 0.717) is 0 Å². The van der Waals surface area contributed by atoms with Crippen molar-refractivity contribution in [3.8, 4) is 33.5 Å². The molecule has 0 atom stereocenters. The summed E-state index contributed by atoms with van der Waals surface area (Å²) in [5, 5.41) is 10.1. The molecule has 0 unspecified atom stereocenters. The van der Waals surface area contributed by atoms with Crippen LogP contribution in [0.4, 0.5) is 0 Å². The largest absolute Gasteiger partial charge is 0.254 e. The minimum Gasteiger partial charge on any atom is -0.254 e. The summed E-state index contributed by atoms with van der Waals surface area (Å²) in [6, 6.07) is 55.8. The molecule has 0 amide bonds. The Morgan fingerprint density at radius 2 is 0.923 bits per heavy atom. The molecular weight excluding hydrogens is 633 g/mol. The molecule has 4 nitrogen and oxygen atoms in total. The van der Waals surface area contributed by atoms with E-state index in [0.717, 1.165) is 82.1 Å². The first-order chi connectivity index (χ1) is 25.8. The van der Waals surface area contributed by atoms with Gasteiger partial charge >= 0.3 is 0 Å². The first-order valence-electron chi connectivity index (χ1n) is 17.6. The van der Waals surface area contributed by atoms with Crippen LogP contribution in [0.15, 0.2) is 170 Å². The van der Waals surface area contributed by atoms with Crippen LogP contribution in [0.25, 0.3) is 110 Å². The molecule has 11 rings (SSSR count). The van der Waals surface area contributed by atoms with Crippen LogP contribution in [-0.4, -0.2) is 19.9 Å². The number of pyridine rings is 4. The van der Waals surface area contributed by atoms with E-state index >= 15 is 0 Å². The van der Waals surface area contributed by atoms with E-state index in [-0.39, 0.29) is 0 Å². The van der Waals surface area contributed by atoms with Crippen molar-refractivity contribution in [1.29, 1.82) is 0 Å². The fourth-order valence-corrected chi connectivity index (χ4v) is 8.26. The van der Waals surface area contributed by atoms with Crippen LogP contribution in [0.3, 0.4) is 0 Å². The summed E-state index contributed by atoms with van der Waals surface area (Å²) in [6.07, 6.45) is 3.76. The average molecular weight is 661 g/mol. The molecule has 0 spiro atoms. The van der Waals surface area contributed by atoms with E-state index in [1.54, 1.807) is 0 Å². The van der Waals surface area contributed by atoms with Gasteiger partial charge in [0.05, 0.1) is 33.3 Å². The molecule has 0 radical (unpaired) electrons. The first-order valence-corrected chi connectivity index (χ1v) is 17.6. The highest BCUT2D eigenvalue weighted by atomic mass is 14.8. The summed E-state index contributed by atoms with van der Waals surface area (Å²) in [4.78, 5) is 20.4. The Kier molecular flexibility index (Phi) is 6.22. The second kappa shape index (κ2) is 11.2. The zero-order valence-corrected chi connectivity index (χ0v) is 28.0. The third-order valence-electron chi connectivity index (χ3n) is 10.5. The summed E-state index contributed by atoms with van der Waals surface area (Å²) in [7, 11) is 0. The minimum absolute atomic E-state index is 0.898. The second-order valence-electron chi connectivity index (χ2n) is 13.3. The third kappa shape index (κ3) is 4.21. The Hall–Kier alpha value is -7.04. The van der Waals surface area contributed by atoms with Gasteiger partial charge in [0.2, 0.25) is 0 Å². The van der Waals surface area contributed by atoms with Crippen molar-refractivity contribution >= 4 is 76.1 Å². The highest BCUT2D eigenvalue weighted by Crippen LogP contribution is 2.46. The predicted molar refractivity (Wildman–Crippen MR) is 216 cm³/mol. The smallest absolute Gasteiger partial charge is 0.0978 e. The van der Waals surface area contributed by atoms with Gasteiger partial charge in [-0.15, -0.1) is 0 Å². The number of para-hydroxylation sites is 1. The molecule has 0 aliphatic carbocycles. The van der Waals surface area contributed by atoms with Gasteiger partial charge in [0, 0.05) is 50.5 Å². The van der Waals surface area contributed by atoms with Gasteiger partial charge in [-0.25, -0.2) is 9.97 Å². The van der Waals surface area contributed by atoms with Crippen molar-refractivity contribution in [3.63, 3.8) is 0 Å². The molecular formula is C48H28N4. The van der Waals surface area contributed by atoms with E-state index in [1.807, 2.05) is 18.5 Å². The molecule has 0 aliphatic heterocycles. The van der Waals surface area contributed by atoms with Gasteiger partial charge in [0.25, 0.3) is 0 Å². The molecule has 0 saturated carbocycles. The molecule has 0 aliphatic rings. The zero-order chi connectivity index (χ0) is 34.2. The van der Waals surface area contributed by atoms with Crippen LogP contribution in [0, 0.1) is 0 Å². The number of benzene rings is 7. The SMILES string of the molecule is c1ccc(-c2c3ccccc3nc3c2ccc2ccc(-c4c5ccccc5c(-c5ccnc6c5ccc5cccnc56)c5ccccc45)nc23)cc1. The van der Waals surface area contributed by atoms with Crippen LogP contribution in [0.2, 0.25) is 0 Å². The number of fused-ring (bicyclic) bond motifs is 9. The van der Waals surface area contributed by atoms with E-state index in [9.17, 15) is 0 Å². The maximum Gasteiger partial charge on any atom is 0.0978 e. The van der Waals surface area contributed by atoms with Crippen LogP contribution >= 0.6 is 0 Å². The molecule has 0 saturated heterocycles. The van der Waals surface area contributed by atoms with E-state index < -0.39 is 0 Å². The molecule has 7 aromatic carbocycles. The molecule has 52 heavy (non-hydrogen) atoms. The lowest BCUT2D eigenvalue weighted by molar-refractivity contribution is 1.37. The van der Waals surface area contributed by atoms with Crippen LogP contribution in [0.5, 0.6) is 0 Å². The summed E-state index contributed by atoms with van der Waals surface area (Å²) >= 11 is 0. The van der Waals surface area contributed by atoms with E-state index in [1.165, 1.54) is 27.5 Å². The van der Waals surface area contributed by atoms with Gasteiger partial charge in [0.1, 0.15) is 0 Å². The van der Waals surface area contributed by atoms with Crippen LogP contribution < -0.4 is 0 Å². The predicted octanol–water partition coefficient (Wildman–Crippen LogP) is 12.3. The van der Waals surface area contributed by atoms with Crippen molar-refractivity contribution in [1.82, 2.24) is 19.9 Å². The zero-order valence-electron chi connectivity index (χ0n) is 28.0. The Balaban J connectivity index is 1.22. The van der Waals surface area contributed by atoms with Crippen LogP contribution in [0.1, 0.15) is 0 Å². The molecule has 4 heterocycles. The van der Waals surface area contributed by atoms with Crippen molar-refractivity contribution in [2.45, 2.75) is 0 Å². The van der Waals surface area contributed by atoms with Crippen molar-refractivity contribution in [2.24, 2.45) is 0 Å². The summed E-state index contributed by atoms with van der Waals surface area (Å²) < 4.78 is 0. The Morgan fingerprint density at radius 3 is 1.69 bits per heavy atom. The molecule has 4 heteroatoms. The third-order valence-corrected chi connectivity index (χ3v) is 10.5. The molecule has 0 N–H and O–H groups in total. The van der Waals surface area contributed by atoms with Crippen molar-refractivity contribution < 1.29 is 0 Å². The van der Waals surface area contributed by atoms with Gasteiger partial charge in [0.15, 0.2) is 0 Å². The normalized spacial score (nSPS) is 11.8. The molecule has 0 fully saturated rings. The highest BCUT2D eigenvalue weighted by molar-refractivity contribution is 6.24. The van der Waals surface area contributed by atoms with Gasteiger partial charge in [-0.1, -0.05) is 133 Å². The van der Waals surface area contributed by atoms with E-state index in [4.69, 9.17) is 19.9 Å². The lowest BCUT2D eigenvalue weighted by atomic mass is 9.86. The Morgan fingerprint density at radius 1 is 0.308 bits per heavy atom. The molecule has 0 bridgehead atoms. The Bertz CT molecular complexity index is 3190. The maximum absolute atomic E-state index is 5.52. The summed E-state index contributed by atoms with van der Waals surface area (Å²) in [5.41, 5.74) is 11.3. The number of aromatic nitrogens is 4. The average Bonchev–Trinajstić information content (AvgIpc) is 3.21. The quantitative estimate of drug-likeness (QED) is 0.140. The van der Waals surface area contributed by atoms with Crippen molar-refractivity contribution in [3.05, 3.63) is 170 Å². The van der Waals surface area contributed by atoms with Gasteiger partial charge < -0.3 is 0 Å². The number of hydrogen-bond donors (Lipinski definition) is 0. The van der Waals surface area contributed by atoms with Gasteiger partial charge in [-0.05, 0) is 62.5 Å². The van der Waals surface area contributed by atoms with Gasteiger partial charge in [-0.2, -0.15) is 0 Å². The molecule has 240 valence electrons. The Labute approximate surface area is 298 Å². The van der Waals surface area contributed by atoms with Gasteiger partial charge in [-0.3, -0.25) is 9.97 Å². The highest BCUT2D eigenvalue weighted by Gasteiger charge is 2.21. The topological polar surface area (TPSA) is 51.6 Å². The monoisotopic (exact) mass is 660 g/mol. The van der Waals surface area contributed by atoms with E-state index in [2.05, 4.69) is 152 Å².